The van der Waals surface area contributed by atoms with Crippen LogP contribution in [-0.4, -0.2) is 22.9 Å². The van der Waals surface area contributed by atoms with Gasteiger partial charge in [-0.2, -0.15) is 10.2 Å². The molecule has 0 spiro atoms. The number of aryl methyl sites for hydroxylation is 1. The maximum atomic E-state index is 12.6. The number of hydrogen-bond acceptors (Lipinski definition) is 5. The van der Waals surface area contributed by atoms with E-state index in [0.29, 0.717) is 11.7 Å². The Morgan fingerprint density at radius 2 is 2.04 bits per heavy atom. The molecule has 0 fully saturated rings. The monoisotopic (exact) mass is 311 g/mol. The molecule has 120 valence electrons. The summed E-state index contributed by atoms with van der Waals surface area (Å²) in [4.78, 5) is 21.7. The average molecular weight is 311 g/mol. The highest BCUT2D eigenvalue weighted by atomic mass is 16.5. The number of methoxy groups -OCH3 is 1. The third kappa shape index (κ3) is 2.01. The Morgan fingerprint density at radius 1 is 1.35 bits per heavy atom. The van der Waals surface area contributed by atoms with Crippen LogP contribution < -0.4 is 4.74 Å². The van der Waals surface area contributed by atoms with Gasteiger partial charge in [-0.05, 0) is 25.7 Å². The van der Waals surface area contributed by atoms with E-state index >= 15 is 0 Å². The van der Waals surface area contributed by atoms with Crippen molar-refractivity contribution in [2.45, 2.75) is 46.0 Å². The molecule has 2 aliphatic rings. The summed E-state index contributed by atoms with van der Waals surface area (Å²) < 4.78 is 5.44. The number of hydrogen-bond donors (Lipinski definition) is 0. The van der Waals surface area contributed by atoms with Gasteiger partial charge in [-0.1, -0.05) is 26.8 Å². The van der Waals surface area contributed by atoms with E-state index in [1.54, 1.807) is 7.11 Å². The number of carbonyl (C=O) groups excluding carboxylic acids is 1. The zero-order chi connectivity index (χ0) is 17.0. The van der Waals surface area contributed by atoms with E-state index in [1.165, 1.54) is 0 Å². The summed E-state index contributed by atoms with van der Waals surface area (Å²) in [7, 11) is 1.61. The third-order valence-electron chi connectivity index (χ3n) is 5.46. The van der Waals surface area contributed by atoms with E-state index in [2.05, 4.69) is 23.0 Å². The van der Waals surface area contributed by atoms with Crippen molar-refractivity contribution in [2.75, 3.05) is 7.11 Å². The molecule has 2 atom stereocenters. The van der Waals surface area contributed by atoms with Crippen LogP contribution in [0.3, 0.4) is 0 Å². The largest absolute Gasteiger partial charge is 0.481 e. The van der Waals surface area contributed by atoms with Crippen LogP contribution in [0.1, 0.15) is 44.3 Å². The lowest BCUT2D eigenvalue weighted by atomic mass is 9.52. The maximum Gasteiger partial charge on any atom is 0.219 e. The molecule has 0 aromatic carbocycles. The van der Waals surface area contributed by atoms with E-state index in [9.17, 15) is 10.1 Å². The van der Waals surface area contributed by atoms with Gasteiger partial charge in [-0.25, -0.2) is 4.98 Å². The lowest BCUT2D eigenvalue weighted by Gasteiger charge is -2.50. The van der Waals surface area contributed by atoms with Crippen LogP contribution in [0.15, 0.2) is 11.6 Å². The number of fused-ring (bicyclic) bond motifs is 3. The number of allylic oxidation sites excluding steroid dienone is 2. The van der Waals surface area contributed by atoms with E-state index in [0.717, 1.165) is 24.1 Å². The standard InChI is InChI=1S/C18H21N3O2/c1-10-20-14-12(16(21-10)23-5)6-7-13-17(2,3)15(22)11(9-19)8-18(13,14)4/h8,13H,6-7H2,1-5H3. The van der Waals surface area contributed by atoms with E-state index in [-0.39, 0.29) is 17.3 Å². The van der Waals surface area contributed by atoms with Gasteiger partial charge in [-0.3, -0.25) is 4.79 Å². The average Bonchev–Trinajstić information content (AvgIpc) is 2.51. The van der Waals surface area contributed by atoms with Gasteiger partial charge in [0.15, 0.2) is 5.78 Å². The molecule has 0 radical (unpaired) electrons. The van der Waals surface area contributed by atoms with Gasteiger partial charge >= 0.3 is 0 Å². The van der Waals surface area contributed by atoms with Crippen molar-refractivity contribution in [1.29, 1.82) is 5.26 Å². The zero-order valence-electron chi connectivity index (χ0n) is 14.2. The molecule has 0 aliphatic heterocycles. The Balaban J connectivity index is 2.32. The molecular weight excluding hydrogens is 290 g/mol. The van der Waals surface area contributed by atoms with Gasteiger partial charge in [0, 0.05) is 16.4 Å². The van der Waals surface area contributed by atoms with Crippen LogP contribution in [0.4, 0.5) is 0 Å². The minimum atomic E-state index is -0.585. The molecule has 23 heavy (non-hydrogen) atoms. The van der Waals surface area contributed by atoms with E-state index < -0.39 is 10.8 Å². The fourth-order valence-corrected chi connectivity index (χ4v) is 4.40. The van der Waals surface area contributed by atoms with Gasteiger partial charge < -0.3 is 4.74 Å². The van der Waals surface area contributed by atoms with Gasteiger partial charge in [0.2, 0.25) is 5.88 Å². The van der Waals surface area contributed by atoms with Crippen molar-refractivity contribution in [3.8, 4) is 11.9 Å². The summed E-state index contributed by atoms with van der Waals surface area (Å²) in [6, 6.07) is 2.08. The molecule has 5 heteroatoms. The van der Waals surface area contributed by atoms with Crippen molar-refractivity contribution in [3.63, 3.8) is 0 Å². The first-order chi connectivity index (χ1) is 10.8. The first-order valence-electron chi connectivity index (χ1n) is 7.85. The summed E-state index contributed by atoms with van der Waals surface area (Å²) in [5.74, 6) is 1.28. The second-order valence-electron chi connectivity index (χ2n) is 7.20. The van der Waals surface area contributed by atoms with Gasteiger partial charge in [-0.15, -0.1) is 0 Å². The molecule has 2 aliphatic carbocycles. The smallest absolute Gasteiger partial charge is 0.219 e. The Bertz CT molecular complexity index is 773. The highest BCUT2D eigenvalue weighted by Crippen LogP contribution is 2.54. The highest BCUT2D eigenvalue weighted by Gasteiger charge is 2.55. The first kappa shape index (κ1) is 15.7. The molecular formula is C18H21N3O2. The molecule has 1 aromatic heterocycles. The zero-order valence-corrected chi connectivity index (χ0v) is 14.2. The van der Waals surface area contributed by atoms with E-state index in [1.807, 2.05) is 26.8 Å². The summed E-state index contributed by atoms with van der Waals surface area (Å²) in [6.45, 7) is 7.80. The Hall–Kier alpha value is -2.22. The van der Waals surface area contributed by atoms with Crippen molar-refractivity contribution >= 4 is 5.78 Å². The molecule has 3 rings (SSSR count). The topological polar surface area (TPSA) is 75.9 Å². The van der Waals surface area contributed by atoms with E-state index in [4.69, 9.17) is 4.74 Å². The number of ketones is 1. The van der Waals surface area contributed by atoms with Crippen LogP contribution in [0.25, 0.3) is 0 Å². The molecule has 2 unspecified atom stereocenters. The second-order valence-corrected chi connectivity index (χ2v) is 7.20. The lowest BCUT2D eigenvalue weighted by molar-refractivity contribution is -0.128. The SMILES string of the molecule is COc1nc(C)nc2c1CCC1C(C)(C)C(=O)C(C#N)=CC21C. The number of Topliss-reactive ketones (excluding diaryl/α,β-unsaturated/α-hetero) is 1. The van der Waals surface area contributed by atoms with Crippen LogP contribution in [0.5, 0.6) is 5.88 Å². The van der Waals surface area contributed by atoms with Gasteiger partial charge in [0.25, 0.3) is 0 Å². The van der Waals surface area contributed by atoms with Crippen LogP contribution in [0, 0.1) is 29.6 Å². The number of carbonyl (C=O) groups is 1. The molecule has 0 saturated carbocycles. The number of rotatable bonds is 1. The molecule has 0 bridgehead atoms. The number of nitrogens with zero attached hydrogens (tertiary/aromatic N) is 3. The van der Waals surface area contributed by atoms with Crippen molar-refractivity contribution in [2.24, 2.45) is 11.3 Å². The predicted octanol–water partition coefficient (Wildman–Crippen LogP) is 2.67. The van der Waals surface area contributed by atoms with Crippen molar-refractivity contribution in [3.05, 3.63) is 28.7 Å². The Kier molecular flexibility index (Phi) is 3.33. The molecule has 0 amide bonds. The fraction of sp³-hybridized carbons (Fsp3) is 0.556. The minimum absolute atomic E-state index is 0.0660. The Labute approximate surface area is 136 Å². The lowest BCUT2D eigenvalue weighted by Crippen LogP contribution is -2.51. The molecule has 0 N–H and O–H groups in total. The summed E-state index contributed by atoms with van der Waals surface area (Å²) >= 11 is 0. The summed E-state index contributed by atoms with van der Waals surface area (Å²) in [5, 5.41) is 9.41. The predicted molar refractivity (Wildman–Crippen MR) is 85.0 cm³/mol. The third-order valence-corrected chi connectivity index (χ3v) is 5.46. The molecule has 1 aromatic rings. The van der Waals surface area contributed by atoms with Crippen LogP contribution >= 0.6 is 0 Å². The van der Waals surface area contributed by atoms with Crippen molar-refractivity contribution < 1.29 is 9.53 Å². The van der Waals surface area contributed by atoms with Crippen LogP contribution in [-0.2, 0) is 16.6 Å². The summed E-state index contributed by atoms with van der Waals surface area (Å²) in [6.07, 6.45) is 3.45. The van der Waals surface area contributed by atoms with Crippen molar-refractivity contribution in [1.82, 2.24) is 9.97 Å². The van der Waals surface area contributed by atoms with Gasteiger partial charge in [0.1, 0.15) is 11.9 Å². The minimum Gasteiger partial charge on any atom is -0.481 e. The molecule has 0 saturated heterocycles. The highest BCUT2D eigenvalue weighted by molar-refractivity contribution is 6.04. The first-order valence-corrected chi connectivity index (χ1v) is 7.85. The number of nitriles is 1. The Morgan fingerprint density at radius 3 is 2.65 bits per heavy atom. The quantitative estimate of drug-likeness (QED) is 0.797. The molecule has 5 nitrogen and oxygen atoms in total. The fourth-order valence-electron chi connectivity index (χ4n) is 4.40. The normalized spacial score (nSPS) is 28.3. The van der Waals surface area contributed by atoms with Gasteiger partial charge in [0.05, 0.1) is 18.4 Å². The maximum absolute atomic E-state index is 12.6. The second kappa shape index (κ2) is 4.89. The van der Waals surface area contributed by atoms with Crippen LogP contribution in [0.2, 0.25) is 0 Å². The molecule has 1 heterocycles. The number of ether oxygens (including phenoxy) is 1. The number of aromatic nitrogens is 2. The summed E-state index contributed by atoms with van der Waals surface area (Å²) in [5.41, 5.74) is 1.08.